The Bertz CT molecular complexity index is 196. The molecule has 0 aromatic rings. The van der Waals surface area contributed by atoms with Crippen LogP contribution in [0.4, 0.5) is 13.2 Å². The largest absolute Gasteiger partial charge is 0.411 e. The molecule has 0 spiro atoms. The lowest BCUT2D eigenvalue weighted by atomic mass is 10.3. The lowest BCUT2D eigenvalue weighted by Crippen LogP contribution is -2.35. The Labute approximate surface area is 85.4 Å². The monoisotopic (exact) mass is 229 g/mol. The van der Waals surface area contributed by atoms with Crippen molar-refractivity contribution in [1.29, 1.82) is 0 Å². The standard InChI is InChI=1S/C8H14F3NO3/c1-6(4-13)12-7(14)2-3-15-5-8(9,10)11/h6,13H,2-5H2,1H3,(H,12,14)/t6-/m1/s1. The first-order valence-corrected chi connectivity index (χ1v) is 4.40. The Hall–Kier alpha value is -0.820. The van der Waals surface area contributed by atoms with Gasteiger partial charge in [-0.05, 0) is 6.92 Å². The summed E-state index contributed by atoms with van der Waals surface area (Å²) in [7, 11) is 0. The number of hydrogen-bond donors (Lipinski definition) is 2. The zero-order valence-corrected chi connectivity index (χ0v) is 8.30. The van der Waals surface area contributed by atoms with Crippen LogP contribution in [0.5, 0.6) is 0 Å². The van der Waals surface area contributed by atoms with Crippen molar-refractivity contribution < 1.29 is 27.8 Å². The molecule has 7 heteroatoms. The summed E-state index contributed by atoms with van der Waals surface area (Å²) in [6.07, 6.45) is -4.52. The molecule has 4 nitrogen and oxygen atoms in total. The molecule has 0 aromatic heterocycles. The number of amides is 1. The Balaban J connectivity index is 3.48. The molecule has 0 radical (unpaired) electrons. The predicted octanol–water partition coefficient (Wildman–Crippen LogP) is 0.452. The third-order valence-electron chi connectivity index (χ3n) is 1.42. The van der Waals surface area contributed by atoms with E-state index in [0.717, 1.165) is 0 Å². The van der Waals surface area contributed by atoms with Gasteiger partial charge in [0.2, 0.25) is 5.91 Å². The zero-order chi connectivity index (χ0) is 11.9. The summed E-state index contributed by atoms with van der Waals surface area (Å²) in [6.45, 7) is -0.275. The molecular formula is C8H14F3NO3. The van der Waals surface area contributed by atoms with Crippen LogP contribution in [-0.4, -0.2) is 43.1 Å². The van der Waals surface area contributed by atoms with Gasteiger partial charge in [-0.2, -0.15) is 13.2 Å². The minimum Gasteiger partial charge on any atom is -0.394 e. The van der Waals surface area contributed by atoms with E-state index in [1.54, 1.807) is 6.92 Å². The fraction of sp³-hybridized carbons (Fsp3) is 0.875. The van der Waals surface area contributed by atoms with Gasteiger partial charge in [-0.1, -0.05) is 0 Å². The lowest BCUT2D eigenvalue weighted by Gasteiger charge is -2.11. The highest BCUT2D eigenvalue weighted by Gasteiger charge is 2.27. The smallest absolute Gasteiger partial charge is 0.394 e. The van der Waals surface area contributed by atoms with E-state index in [0.29, 0.717) is 0 Å². The van der Waals surface area contributed by atoms with Crippen molar-refractivity contribution >= 4 is 5.91 Å². The van der Waals surface area contributed by atoms with Crippen molar-refractivity contribution in [2.75, 3.05) is 19.8 Å². The summed E-state index contributed by atoms with van der Waals surface area (Å²) in [5, 5.41) is 10.9. The van der Waals surface area contributed by atoms with Gasteiger partial charge in [-0.25, -0.2) is 0 Å². The van der Waals surface area contributed by atoms with Gasteiger partial charge in [0.1, 0.15) is 6.61 Å². The van der Waals surface area contributed by atoms with E-state index in [4.69, 9.17) is 5.11 Å². The molecule has 1 amide bonds. The number of rotatable bonds is 6. The molecular weight excluding hydrogens is 215 g/mol. The van der Waals surface area contributed by atoms with Crippen LogP contribution >= 0.6 is 0 Å². The molecule has 2 N–H and O–H groups in total. The van der Waals surface area contributed by atoms with Crippen LogP contribution in [0.3, 0.4) is 0 Å². The van der Waals surface area contributed by atoms with E-state index in [1.165, 1.54) is 0 Å². The van der Waals surface area contributed by atoms with E-state index >= 15 is 0 Å². The fourth-order valence-electron chi connectivity index (χ4n) is 0.745. The third-order valence-corrected chi connectivity index (χ3v) is 1.42. The molecule has 0 aliphatic carbocycles. The molecule has 15 heavy (non-hydrogen) atoms. The first kappa shape index (κ1) is 14.2. The first-order valence-electron chi connectivity index (χ1n) is 4.40. The second kappa shape index (κ2) is 6.62. The van der Waals surface area contributed by atoms with Gasteiger partial charge in [0.15, 0.2) is 0 Å². The quantitative estimate of drug-likeness (QED) is 0.650. The lowest BCUT2D eigenvalue weighted by molar-refractivity contribution is -0.174. The summed E-state index contributed by atoms with van der Waals surface area (Å²) in [5.41, 5.74) is 0. The number of halogens is 3. The van der Waals surface area contributed by atoms with E-state index in [-0.39, 0.29) is 19.6 Å². The zero-order valence-electron chi connectivity index (χ0n) is 8.30. The normalized spacial score (nSPS) is 13.7. The van der Waals surface area contributed by atoms with Crippen molar-refractivity contribution in [2.45, 2.75) is 25.6 Å². The Morgan fingerprint density at radius 2 is 2.13 bits per heavy atom. The molecule has 0 aliphatic heterocycles. The number of carbonyl (C=O) groups excluding carboxylic acids is 1. The predicted molar refractivity (Wildman–Crippen MR) is 46.2 cm³/mol. The van der Waals surface area contributed by atoms with Crippen molar-refractivity contribution in [2.24, 2.45) is 0 Å². The topological polar surface area (TPSA) is 58.6 Å². The maximum absolute atomic E-state index is 11.6. The summed E-state index contributed by atoms with van der Waals surface area (Å²) >= 11 is 0. The van der Waals surface area contributed by atoms with Crippen molar-refractivity contribution in [3.8, 4) is 0 Å². The van der Waals surface area contributed by atoms with E-state index < -0.39 is 24.7 Å². The maximum Gasteiger partial charge on any atom is 0.411 e. The summed E-state index contributed by atoms with van der Waals surface area (Å²) in [5.74, 6) is -0.446. The number of nitrogens with one attached hydrogen (secondary N) is 1. The van der Waals surface area contributed by atoms with Gasteiger partial charge < -0.3 is 15.2 Å². The van der Waals surface area contributed by atoms with Gasteiger partial charge in [0, 0.05) is 12.5 Å². The van der Waals surface area contributed by atoms with Gasteiger partial charge in [-0.15, -0.1) is 0 Å². The van der Waals surface area contributed by atoms with E-state index in [1.807, 2.05) is 0 Å². The van der Waals surface area contributed by atoms with Crippen LogP contribution in [0.15, 0.2) is 0 Å². The molecule has 0 saturated heterocycles. The van der Waals surface area contributed by atoms with Gasteiger partial charge >= 0.3 is 6.18 Å². The SMILES string of the molecule is C[C@H](CO)NC(=O)CCOCC(F)(F)F. The number of hydrogen-bond acceptors (Lipinski definition) is 3. The second-order valence-corrected chi connectivity index (χ2v) is 3.07. The summed E-state index contributed by atoms with van der Waals surface area (Å²) in [6, 6.07) is -0.403. The molecule has 0 unspecified atom stereocenters. The molecule has 0 rings (SSSR count). The molecule has 90 valence electrons. The number of ether oxygens (including phenoxy) is 1. The van der Waals surface area contributed by atoms with Gasteiger partial charge in [-0.3, -0.25) is 4.79 Å². The highest BCUT2D eigenvalue weighted by Crippen LogP contribution is 2.14. The first-order chi connectivity index (χ1) is 6.85. The summed E-state index contributed by atoms with van der Waals surface area (Å²) < 4.78 is 39.0. The van der Waals surface area contributed by atoms with Gasteiger partial charge in [0.25, 0.3) is 0 Å². The number of aliphatic hydroxyl groups excluding tert-OH is 1. The van der Waals surface area contributed by atoms with E-state index in [2.05, 4.69) is 10.1 Å². The fourth-order valence-corrected chi connectivity index (χ4v) is 0.745. The second-order valence-electron chi connectivity index (χ2n) is 3.07. The maximum atomic E-state index is 11.6. The van der Waals surface area contributed by atoms with Crippen molar-refractivity contribution in [1.82, 2.24) is 5.32 Å². The summed E-state index contributed by atoms with van der Waals surface area (Å²) in [4.78, 5) is 11.0. The Kier molecular flexibility index (Phi) is 6.26. The minimum atomic E-state index is -4.37. The number of carbonyl (C=O) groups is 1. The molecule has 0 saturated carbocycles. The van der Waals surface area contributed by atoms with Crippen LogP contribution in [0, 0.1) is 0 Å². The number of alkyl halides is 3. The average molecular weight is 229 g/mol. The van der Waals surface area contributed by atoms with Crippen molar-refractivity contribution in [3.63, 3.8) is 0 Å². The van der Waals surface area contributed by atoms with Crippen LogP contribution in [0.25, 0.3) is 0 Å². The molecule has 0 fully saturated rings. The van der Waals surface area contributed by atoms with Crippen LogP contribution in [0.1, 0.15) is 13.3 Å². The van der Waals surface area contributed by atoms with Gasteiger partial charge in [0.05, 0.1) is 13.2 Å². The molecule has 0 aliphatic rings. The molecule has 0 heterocycles. The highest BCUT2D eigenvalue weighted by molar-refractivity contribution is 5.76. The third kappa shape index (κ3) is 9.48. The highest BCUT2D eigenvalue weighted by atomic mass is 19.4. The average Bonchev–Trinajstić information content (AvgIpc) is 2.11. The Morgan fingerprint density at radius 3 is 2.60 bits per heavy atom. The Morgan fingerprint density at radius 1 is 1.53 bits per heavy atom. The van der Waals surface area contributed by atoms with Crippen LogP contribution in [0.2, 0.25) is 0 Å². The van der Waals surface area contributed by atoms with Crippen molar-refractivity contribution in [3.05, 3.63) is 0 Å². The molecule has 0 aromatic carbocycles. The van der Waals surface area contributed by atoms with Crippen LogP contribution < -0.4 is 5.32 Å². The van der Waals surface area contributed by atoms with E-state index in [9.17, 15) is 18.0 Å². The van der Waals surface area contributed by atoms with Crippen LogP contribution in [-0.2, 0) is 9.53 Å². The number of aliphatic hydroxyl groups is 1. The molecule has 0 bridgehead atoms. The molecule has 1 atom stereocenters. The minimum absolute atomic E-state index is 0.152.